The number of nitrogens with zero attached hydrogens (tertiary/aromatic N) is 1. The summed E-state index contributed by atoms with van der Waals surface area (Å²) in [6, 6.07) is 11.6. The van der Waals surface area contributed by atoms with Crippen LogP contribution in [-0.2, 0) is 0 Å². The fourth-order valence-electron chi connectivity index (χ4n) is 2.30. The molecule has 16 heavy (non-hydrogen) atoms. The van der Waals surface area contributed by atoms with Crippen LogP contribution in [-0.4, -0.2) is 37.1 Å². The third-order valence-corrected chi connectivity index (χ3v) is 3.40. The van der Waals surface area contributed by atoms with Gasteiger partial charge in [0.15, 0.2) is 0 Å². The van der Waals surface area contributed by atoms with E-state index < -0.39 is 0 Å². The molecule has 0 saturated carbocycles. The van der Waals surface area contributed by atoms with E-state index in [1.807, 2.05) is 0 Å². The highest BCUT2D eigenvalue weighted by Crippen LogP contribution is 2.20. The Morgan fingerprint density at radius 3 is 2.88 bits per heavy atom. The van der Waals surface area contributed by atoms with Crippen LogP contribution in [0, 0.1) is 0 Å². The number of benzene rings is 1. The van der Waals surface area contributed by atoms with Crippen molar-refractivity contribution in [1.82, 2.24) is 10.2 Å². The maximum absolute atomic E-state index is 5.72. The average Bonchev–Trinajstić information content (AvgIpc) is 2.39. The van der Waals surface area contributed by atoms with Crippen LogP contribution in [0.5, 0.6) is 0 Å². The van der Waals surface area contributed by atoms with Crippen LogP contribution >= 0.6 is 0 Å². The van der Waals surface area contributed by atoms with E-state index in [2.05, 4.69) is 47.5 Å². The lowest BCUT2D eigenvalue weighted by Gasteiger charge is -2.37. The number of rotatable bonds is 3. The van der Waals surface area contributed by atoms with Crippen LogP contribution in [0.15, 0.2) is 30.3 Å². The molecule has 1 heterocycles. The first kappa shape index (κ1) is 11.6. The van der Waals surface area contributed by atoms with E-state index in [0.717, 1.165) is 26.2 Å². The third kappa shape index (κ3) is 2.61. The van der Waals surface area contributed by atoms with Crippen LogP contribution in [0.4, 0.5) is 0 Å². The van der Waals surface area contributed by atoms with Crippen LogP contribution in [0.1, 0.15) is 18.5 Å². The fraction of sp³-hybridized carbons (Fsp3) is 0.538. The van der Waals surface area contributed by atoms with Crippen LogP contribution < -0.4 is 11.1 Å². The molecule has 0 spiro atoms. The molecule has 1 aromatic rings. The van der Waals surface area contributed by atoms with Gasteiger partial charge in [-0.25, -0.2) is 0 Å². The highest BCUT2D eigenvalue weighted by Gasteiger charge is 2.22. The average molecular weight is 219 g/mol. The fourth-order valence-corrected chi connectivity index (χ4v) is 2.30. The highest BCUT2D eigenvalue weighted by molar-refractivity contribution is 5.18. The Morgan fingerprint density at radius 1 is 1.44 bits per heavy atom. The van der Waals surface area contributed by atoms with E-state index in [0.29, 0.717) is 12.1 Å². The largest absolute Gasteiger partial charge is 0.329 e. The van der Waals surface area contributed by atoms with Gasteiger partial charge in [0.05, 0.1) is 0 Å². The summed E-state index contributed by atoms with van der Waals surface area (Å²) in [4.78, 5) is 2.50. The SMILES string of the molecule is CC(c1ccccc1)N1CCNC(CN)C1. The summed E-state index contributed by atoms with van der Waals surface area (Å²) in [5, 5.41) is 3.44. The quantitative estimate of drug-likeness (QED) is 0.796. The zero-order valence-corrected chi connectivity index (χ0v) is 9.89. The van der Waals surface area contributed by atoms with E-state index >= 15 is 0 Å². The van der Waals surface area contributed by atoms with Gasteiger partial charge >= 0.3 is 0 Å². The van der Waals surface area contributed by atoms with Crippen molar-refractivity contribution >= 4 is 0 Å². The maximum Gasteiger partial charge on any atom is 0.0321 e. The zero-order chi connectivity index (χ0) is 11.4. The molecular weight excluding hydrogens is 198 g/mol. The van der Waals surface area contributed by atoms with Crippen molar-refractivity contribution in [3.63, 3.8) is 0 Å². The van der Waals surface area contributed by atoms with Crippen molar-refractivity contribution in [3.8, 4) is 0 Å². The van der Waals surface area contributed by atoms with Crippen molar-refractivity contribution in [1.29, 1.82) is 0 Å². The van der Waals surface area contributed by atoms with E-state index in [9.17, 15) is 0 Å². The molecular formula is C13H21N3. The van der Waals surface area contributed by atoms with Gasteiger partial charge in [0.25, 0.3) is 0 Å². The normalized spacial score (nSPS) is 24.2. The molecule has 0 bridgehead atoms. The Bertz CT molecular complexity index is 312. The molecule has 1 aliphatic rings. The molecule has 3 nitrogen and oxygen atoms in total. The van der Waals surface area contributed by atoms with Gasteiger partial charge in [-0.05, 0) is 12.5 Å². The molecule has 88 valence electrons. The van der Waals surface area contributed by atoms with Gasteiger partial charge in [-0.15, -0.1) is 0 Å². The number of nitrogens with two attached hydrogens (primary N) is 1. The predicted molar refractivity (Wildman–Crippen MR) is 67.3 cm³/mol. The predicted octanol–water partition coefficient (Wildman–Crippen LogP) is 0.980. The molecule has 0 radical (unpaired) electrons. The van der Waals surface area contributed by atoms with Crippen molar-refractivity contribution in [2.24, 2.45) is 5.73 Å². The van der Waals surface area contributed by atoms with E-state index in [1.165, 1.54) is 5.56 Å². The number of hydrogen-bond acceptors (Lipinski definition) is 3. The summed E-state index contributed by atoms with van der Waals surface area (Å²) in [6.45, 7) is 6.18. The van der Waals surface area contributed by atoms with Gasteiger partial charge in [-0.1, -0.05) is 30.3 Å². The summed E-state index contributed by atoms with van der Waals surface area (Å²) >= 11 is 0. The minimum Gasteiger partial charge on any atom is -0.329 e. The molecule has 1 aliphatic heterocycles. The minimum absolute atomic E-state index is 0.444. The lowest BCUT2D eigenvalue weighted by atomic mass is 10.1. The van der Waals surface area contributed by atoms with Gasteiger partial charge in [0.2, 0.25) is 0 Å². The number of piperazine rings is 1. The molecule has 2 atom stereocenters. The van der Waals surface area contributed by atoms with Crippen molar-refractivity contribution in [2.75, 3.05) is 26.2 Å². The van der Waals surface area contributed by atoms with Gasteiger partial charge in [0, 0.05) is 38.3 Å². The van der Waals surface area contributed by atoms with Gasteiger partial charge in [-0.3, -0.25) is 4.90 Å². The molecule has 1 aromatic carbocycles. The molecule has 0 amide bonds. The Kier molecular flexibility index (Phi) is 3.93. The lowest BCUT2D eigenvalue weighted by molar-refractivity contribution is 0.155. The minimum atomic E-state index is 0.444. The van der Waals surface area contributed by atoms with Crippen LogP contribution in [0.2, 0.25) is 0 Å². The number of nitrogens with one attached hydrogen (secondary N) is 1. The molecule has 2 unspecified atom stereocenters. The molecule has 3 N–H and O–H groups in total. The molecule has 1 fully saturated rings. The molecule has 1 saturated heterocycles. The molecule has 2 rings (SSSR count). The first-order valence-corrected chi connectivity index (χ1v) is 6.03. The number of hydrogen-bond donors (Lipinski definition) is 2. The third-order valence-electron chi connectivity index (χ3n) is 3.40. The maximum atomic E-state index is 5.72. The summed E-state index contributed by atoms with van der Waals surface area (Å²) < 4.78 is 0. The van der Waals surface area contributed by atoms with Gasteiger partial charge in [-0.2, -0.15) is 0 Å². The Labute approximate surface area is 97.6 Å². The Hall–Kier alpha value is -0.900. The highest BCUT2D eigenvalue weighted by atomic mass is 15.2. The standard InChI is InChI=1S/C13H21N3/c1-11(12-5-3-2-4-6-12)16-8-7-15-13(9-14)10-16/h2-6,11,13,15H,7-10,14H2,1H3. The first-order chi connectivity index (χ1) is 7.81. The summed E-state index contributed by atoms with van der Waals surface area (Å²) in [5.41, 5.74) is 7.10. The topological polar surface area (TPSA) is 41.3 Å². The molecule has 0 aliphatic carbocycles. The Morgan fingerprint density at radius 2 is 2.19 bits per heavy atom. The van der Waals surface area contributed by atoms with Gasteiger partial charge < -0.3 is 11.1 Å². The second-order valence-electron chi connectivity index (χ2n) is 4.47. The second-order valence-corrected chi connectivity index (χ2v) is 4.47. The van der Waals surface area contributed by atoms with Gasteiger partial charge in [0.1, 0.15) is 0 Å². The van der Waals surface area contributed by atoms with Crippen LogP contribution in [0.3, 0.4) is 0 Å². The molecule has 3 heteroatoms. The molecule has 0 aromatic heterocycles. The lowest BCUT2D eigenvalue weighted by Crippen LogP contribution is -2.54. The van der Waals surface area contributed by atoms with Crippen molar-refractivity contribution < 1.29 is 0 Å². The smallest absolute Gasteiger partial charge is 0.0321 e. The summed E-state index contributed by atoms with van der Waals surface area (Å²) in [6.07, 6.45) is 0. The van der Waals surface area contributed by atoms with Crippen molar-refractivity contribution in [2.45, 2.75) is 19.0 Å². The second kappa shape index (κ2) is 5.43. The summed E-state index contributed by atoms with van der Waals surface area (Å²) in [5.74, 6) is 0. The van der Waals surface area contributed by atoms with E-state index in [4.69, 9.17) is 5.73 Å². The van der Waals surface area contributed by atoms with E-state index in [-0.39, 0.29) is 0 Å². The monoisotopic (exact) mass is 219 g/mol. The Balaban J connectivity index is 2.01. The van der Waals surface area contributed by atoms with E-state index in [1.54, 1.807) is 0 Å². The zero-order valence-electron chi connectivity index (χ0n) is 9.89. The summed E-state index contributed by atoms with van der Waals surface area (Å²) in [7, 11) is 0. The van der Waals surface area contributed by atoms with Crippen LogP contribution in [0.25, 0.3) is 0 Å². The van der Waals surface area contributed by atoms with Crippen molar-refractivity contribution in [3.05, 3.63) is 35.9 Å². The first-order valence-electron chi connectivity index (χ1n) is 6.03.